The Balaban J connectivity index is 1.69. The van der Waals surface area contributed by atoms with E-state index in [-0.39, 0.29) is 10.8 Å². The van der Waals surface area contributed by atoms with Gasteiger partial charge in [-0.1, -0.05) is 25.1 Å². The SMILES string of the molecule is CCc1ccc(CNC(=O)c2ccc(S(=O)(=O)N(C)c3ccccc3)cc2)s1. The molecule has 3 aromatic rings. The molecule has 0 saturated carbocycles. The van der Waals surface area contributed by atoms with Crippen molar-refractivity contribution >= 4 is 33.0 Å². The van der Waals surface area contributed by atoms with Crippen molar-refractivity contribution in [3.63, 3.8) is 0 Å². The lowest BCUT2D eigenvalue weighted by molar-refractivity contribution is 0.0951. The number of nitrogens with one attached hydrogen (secondary N) is 1. The highest BCUT2D eigenvalue weighted by molar-refractivity contribution is 7.92. The lowest BCUT2D eigenvalue weighted by Crippen LogP contribution is -2.26. The first-order valence-corrected chi connectivity index (χ1v) is 11.2. The summed E-state index contributed by atoms with van der Waals surface area (Å²) < 4.78 is 26.8. The summed E-state index contributed by atoms with van der Waals surface area (Å²) in [7, 11) is -2.18. The van der Waals surface area contributed by atoms with Crippen LogP contribution in [0.5, 0.6) is 0 Å². The Kier molecular flexibility index (Phi) is 6.16. The van der Waals surface area contributed by atoms with Crippen molar-refractivity contribution in [3.05, 3.63) is 82.0 Å². The van der Waals surface area contributed by atoms with Crippen LogP contribution in [0, 0.1) is 0 Å². The summed E-state index contributed by atoms with van der Waals surface area (Å²) in [4.78, 5) is 14.9. The van der Waals surface area contributed by atoms with Crippen LogP contribution in [-0.2, 0) is 23.0 Å². The predicted octanol–water partition coefficient (Wildman–Crippen LogP) is 4.07. The average Bonchev–Trinajstić information content (AvgIpc) is 3.20. The molecule has 0 radical (unpaired) electrons. The third-order valence-corrected chi connectivity index (χ3v) is 7.41. The normalized spacial score (nSPS) is 11.2. The van der Waals surface area contributed by atoms with Gasteiger partial charge in [0.25, 0.3) is 15.9 Å². The molecule has 0 unspecified atom stereocenters. The smallest absolute Gasteiger partial charge is 0.264 e. The second-order valence-corrected chi connectivity index (χ2v) is 9.46. The molecule has 3 rings (SSSR count). The van der Waals surface area contributed by atoms with Crippen molar-refractivity contribution in [2.45, 2.75) is 24.8 Å². The average molecular weight is 415 g/mol. The van der Waals surface area contributed by atoms with Crippen LogP contribution >= 0.6 is 11.3 Å². The fourth-order valence-electron chi connectivity index (χ4n) is 2.69. The summed E-state index contributed by atoms with van der Waals surface area (Å²) >= 11 is 1.68. The van der Waals surface area contributed by atoms with Gasteiger partial charge in [0.1, 0.15) is 0 Å². The zero-order valence-corrected chi connectivity index (χ0v) is 17.4. The molecule has 0 spiro atoms. The highest BCUT2D eigenvalue weighted by atomic mass is 32.2. The molecule has 146 valence electrons. The monoisotopic (exact) mass is 414 g/mol. The van der Waals surface area contributed by atoms with Gasteiger partial charge < -0.3 is 5.32 Å². The summed E-state index contributed by atoms with van der Waals surface area (Å²) in [5.74, 6) is -0.230. The standard InChI is InChI=1S/C21H22N2O3S2/c1-3-18-11-12-19(27-18)15-22-21(24)16-9-13-20(14-10-16)28(25,26)23(2)17-7-5-4-6-8-17/h4-14H,3,15H2,1-2H3,(H,22,24). The molecule has 5 nitrogen and oxygen atoms in total. The lowest BCUT2D eigenvalue weighted by Gasteiger charge is -2.19. The number of carbonyl (C=O) groups excluding carboxylic acids is 1. The largest absolute Gasteiger partial charge is 0.347 e. The van der Waals surface area contributed by atoms with E-state index in [0.717, 1.165) is 11.3 Å². The molecule has 1 heterocycles. The van der Waals surface area contributed by atoms with Crippen LogP contribution in [-0.4, -0.2) is 21.4 Å². The van der Waals surface area contributed by atoms with Crippen LogP contribution in [0.15, 0.2) is 71.6 Å². The first-order chi connectivity index (χ1) is 13.4. The van der Waals surface area contributed by atoms with Gasteiger partial charge in [0.05, 0.1) is 17.1 Å². The third kappa shape index (κ3) is 4.43. The number of amides is 1. The molecular weight excluding hydrogens is 392 g/mol. The first-order valence-electron chi connectivity index (χ1n) is 8.91. The van der Waals surface area contributed by atoms with E-state index < -0.39 is 10.0 Å². The van der Waals surface area contributed by atoms with Gasteiger partial charge >= 0.3 is 0 Å². The Morgan fingerprint density at radius 1 is 0.964 bits per heavy atom. The minimum atomic E-state index is -3.69. The van der Waals surface area contributed by atoms with E-state index in [1.165, 1.54) is 40.5 Å². The van der Waals surface area contributed by atoms with Crippen LogP contribution < -0.4 is 9.62 Å². The maximum Gasteiger partial charge on any atom is 0.264 e. The summed E-state index contributed by atoms with van der Waals surface area (Å²) in [6, 6.07) is 18.9. The van der Waals surface area contributed by atoms with Crippen LogP contribution in [0.2, 0.25) is 0 Å². The van der Waals surface area contributed by atoms with Crippen molar-refractivity contribution in [1.29, 1.82) is 0 Å². The van der Waals surface area contributed by atoms with Gasteiger partial charge in [-0.2, -0.15) is 0 Å². The number of aryl methyl sites for hydroxylation is 1. The zero-order valence-electron chi connectivity index (χ0n) is 15.8. The van der Waals surface area contributed by atoms with Gasteiger partial charge in [-0.15, -0.1) is 11.3 Å². The number of thiophene rings is 1. The zero-order chi connectivity index (χ0) is 20.1. The molecule has 0 atom stereocenters. The molecule has 0 saturated heterocycles. The molecule has 1 amide bonds. The minimum Gasteiger partial charge on any atom is -0.347 e. The van der Waals surface area contributed by atoms with Crippen molar-refractivity contribution in [3.8, 4) is 0 Å². The number of benzene rings is 2. The predicted molar refractivity (Wildman–Crippen MR) is 113 cm³/mol. The summed E-state index contributed by atoms with van der Waals surface area (Å²) in [6.45, 7) is 2.55. The Morgan fingerprint density at radius 2 is 1.61 bits per heavy atom. The van der Waals surface area contributed by atoms with Gasteiger partial charge in [-0.25, -0.2) is 8.42 Å². The van der Waals surface area contributed by atoms with E-state index in [4.69, 9.17) is 0 Å². The number of rotatable bonds is 7. The van der Waals surface area contributed by atoms with Crippen LogP contribution in [0.4, 0.5) is 5.69 Å². The van der Waals surface area contributed by atoms with Crippen LogP contribution in [0.1, 0.15) is 27.0 Å². The molecule has 7 heteroatoms. The van der Waals surface area contributed by atoms with Gasteiger partial charge in [-0.05, 0) is 55.0 Å². The molecule has 1 aromatic heterocycles. The van der Waals surface area contributed by atoms with Crippen molar-refractivity contribution in [2.24, 2.45) is 0 Å². The number of sulfonamides is 1. The Morgan fingerprint density at radius 3 is 2.21 bits per heavy atom. The molecule has 0 bridgehead atoms. The van der Waals surface area contributed by atoms with E-state index in [2.05, 4.69) is 18.3 Å². The number of hydrogen-bond acceptors (Lipinski definition) is 4. The number of anilines is 1. The first kappa shape index (κ1) is 20.1. The molecule has 2 aromatic carbocycles. The Hall–Kier alpha value is -2.64. The minimum absolute atomic E-state index is 0.140. The topological polar surface area (TPSA) is 66.5 Å². The van der Waals surface area contributed by atoms with Gasteiger partial charge in [0.2, 0.25) is 0 Å². The molecule has 0 fully saturated rings. The fraction of sp³-hybridized carbons (Fsp3) is 0.190. The quantitative estimate of drug-likeness (QED) is 0.634. The van der Waals surface area contributed by atoms with Gasteiger partial charge in [0.15, 0.2) is 0 Å². The molecule has 0 aliphatic heterocycles. The summed E-state index contributed by atoms with van der Waals surface area (Å²) in [6.07, 6.45) is 0.978. The van der Waals surface area contributed by atoms with Crippen LogP contribution in [0.3, 0.4) is 0 Å². The molecular formula is C21H22N2O3S2. The molecule has 0 aliphatic rings. The highest BCUT2D eigenvalue weighted by Gasteiger charge is 2.21. The maximum absolute atomic E-state index is 12.8. The number of nitrogens with zero attached hydrogens (tertiary/aromatic N) is 1. The number of para-hydroxylation sites is 1. The van der Waals surface area contributed by atoms with Gasteiger partial charge in [-0.3, -0.25) is 9.10 Å². The Bertz CT molecular complexity index is 1040. The Labute approximate surface area is 169 Å². The van der Waals surface area contributed by atoms with Crippen molar-refractivity contribution in [1.82, 2.24) is 5.32 Å². The fourth-order valence-corrected chi connectivity index (χ4v) is 4.78. The number of hydrogen-bond donors (Lipinski definition) is 1. The summed E-state index contributed by atoms with van der Waals surface area (Å²) in [5.41, 5.74) is 1.00. The second-order valence-electron chi connectivity index (χ2n) is 6.24. The second kappa shape index (κ2) is 8.58. The van der Waals surface area contributed by atoms with E-state index in [1.807, 2.05) is 12.1 Å². The van der Waals surface area contributed by atoms with Crippen LogP contribution in [0.25, 0.3) is 0 Å². The summed E-state index contributed by atoms with van der Waals surface area (Å²) in [5, 5.41) is 2.87. The van der Waals surface area contributed by atoms with E-state index in [0.29, 0.717) is 17.8 Å². The van der Waals surface area contributed by atoms with Gasteiger partial charge in [0, 0.05) is 22.4 Å². The van der Waals surface area contributed by atoms with Crippen molar-refractivity contribution < 1.29 is 13.2 Å². The van der Waals surface area contributed by atoms with E-state index in [1.54, 1.807) is 35.6 Å². The molecule has 1 N–H and O–H groups in total. The molecule has 28 heavy (non-hydrogen) atoms. The number of carbonyl (C=O) groups is 1. The van der Waals surface area contributed by atoms with E-state index in [9.17, 15) is 13.2 Å². The van der Waals surface area contributed by atoms with Crippen molar-refractivity contribution in [2.75, 3.05) is 11.4 Å². The highest BCUT2D eigenvalue weighted by Crippen LogP contribution is 2.22. The lowest BCUT2D eigenvalue weighted by atomic mass is 10.2. The molecule has 0 aliphatic carbocycles. The maximum atomic E-state index is 12.8. The third-order valence-electron chi connectivity index (χ3n) is 4.38. The van der Waals surface area contributed by atoms with E-state index >= 15 is 0 Å².